The molecule has 1 aromatic carbocycles. The quantitative estimate of drug-likeness (QED) is 0.453. The van der Waals surface area contributed by atoms with Crippen LogP contribution < -0.4 is 5.32 Å². The van der Waals surface area contributed by atoms with E-state index in [0.29, 0.717) is 18.3 Å². The fourth-order valence-electron chi connectivity index (χ4n) is 5.56. The SMILES string of the molecule is CC(C)C(=O)NC1=CCCC(C2CCN(CCCC(=O)c3ccc(C(C)(C)C)cc3)CC2)C1C. The first-order valence-electron chi connectivity index (χ1n) is 13.4. The Balaban J connectivity index is 1.41. The Kier molecular flexibility index (Phi) is 9.14. The molecule has 0 bridgehead atoms. The molecule has 1 aliphatic heterocycles. The summed E-state index contributed by atoms with van der Waals surface area (Å²) in [6.07, 6.45) is 8.54. The van der Waals surface area contributed by atoms with Crippen molar-refractivity contribution >= 4 is 11.7 Å². The van der Waals surface area contributed by atoms with Gasteiger partial charge >= 0.3 is 0 Å². The van der Waals surface area contributed by atoms with E-state index in [-0.39, 0.29) is 23.0 Å². The molecule has 1 aromatic rings. The monoisotopic (exact) mass is 466 g/mol. The van der Waals surface area contributed by atoms with Crippen molar-refractivity contribution in [1.82, 2.24) is 10.2 Å². The number of allylic oxidation sites excluding steroid dienone is 2. The summed E-state index contributed by atoms with van der Waals surface area (Å²) in [6.45, 7) is 16.0. The molecule has 2 unspecified atom stereocenters. The zero-order valence-corrected chi connectivity index (χ0v) is 22.3. The molecule has 0 aromatic heterocycles. The third-order valence-electron chi connectivity index (χ3n) is 7.98. The molecule has 3 rings (SSSR count). The maximum Gasteiger partial charge on any atom is 0.226 e. The minimum absolute atomic E-state index is 0.0199. The van der Waals surface area contributed by atoms with Crippen LogP contribution in [0.25, 0.3) is 0 Å². The number of nitrogens with one attached hydrogen (secondary N) is 1. The summed E-state index contributed by atoms with van der Waals surface area (Å²) in [7, 11) is 0. The average molecular weight is 467 g/mol. The number of amides is 1. The second kappa shape index (κ2) is 11.7. The van der Waals surface area contributed by atoms with Gasteiger partial charge in [-0.25, -0.2) is 0 Å². The molecule has 2 aliphatic rings. The van der Waals surface area contributed by atoms with Gasteiger partial charge in [-0.3, -0.25) is 9.59 Å². The first-order valence-corrected chi connectivity index (χ1v) is 13.4. The standard InChI is InChI=1S/C30H46N2O2/c1-21(2)29(34)31-27-10-7-9-26(22(27)3)23-16-19-32(20-17-23)18-8-11-28(33)24-12-14-25(15-13-24)30(4,5)6/h10,12-15,21-23,26H,7-9,11,16-20H2,1-6H3,(H,31,34). The van der Waals surface area contributed by atoms with Crippen LogP contribution in [-0.4, -0.2) is 36.2 Å². The number of likely N-dealkylation sites (tertiary alicyclic amines) is 1. The second-order valence-electron chi connectivity index (χ2n) is 11.9. The Bertz CT molecular complexity index is 855. The molecule has 34 heavy (non-hydrogen) atoms. The number of ketones is 1. The Hall–Kier alpha value is -1.94. The highest BCUT2D eigenvalue weighted by Gasteiger charge is 2.33. The van der Waals surface area contributed by atoms with Gasteiger partial charge in [0.1, 0.15) is 0 Å². The van der Waals surface area contributed by atoms with E-state index in [1.807, 2.05) is 26.0 Å². The maximum atomic E-state index is 12.6. The second-order valence-corrected chi connectivity index (χ2v) is 11.9. The highest BCUT2D eigenvalue weighted by molar-refractivity contribution is 5.96. The summed E-state index contributed by atoms with van der Waals surface area (Å²) in [6, 6.07) is 8.18. The number of piperidine rings is 1. The van der Waals surface area contributed by atoms with Gasteiger partial charge in [-0.2, -0.15) is 0 Å². The van der Waals surface area contributed by atoms with Gasteiger partial charge in [-0.15, -0.1) is 0 Å². The summed E-state index contributed by atoms with van der Waals surface area (Å²) in [4.78, 5) is 27.4. The first kappa shape index (κ1) is 26.7. The number of rotatable bonds is 8. The predicted octanol–water partition coefficient (Wildman–Crippen LogP) is 6.36. The van der Waals surface area contributed by atoms with E-state index in [0.717, 1.165) is 49.7 Å². The molecule has 0 radical (unpaired) electrons. The summed E-state index contributed by atoms with van der Waals surface area (Å²) in [5, 5.41) is 3.19. The minimum Gasteiger partial charge on any atom is -0.330 e. The lowest BCUT2D eigenvalue weighted by molar-refractivity contribution is -0.123. The topological polar surface area (TPSA) is 49.4 Å². The number of benzene rings is 1. The minimum atomic E-state index is 0.0199. The third kappa shape index (κ3) is 7.04. The highest BCUT2D eigenvalue weighted by atomic mass is 16.1. The van der Waals surface area contributed by atoms with Gasteiger partial charge in [0, 0.05) is 23.6 Å². The summed E-state index contributed by atoms with van der Waals surface area (Å²) < 4.78 is 0. The van der Waals surface area contributed by atoms with Gasteiger partial charge in [0.05, 0.1) is 0 Å². The molecule has 1 heterocycles. The molecular formula is C30H46N2O2. The van der Waals surface area contributed by atoms with Crippen LogP contribution in [0.3, 0.4) is 0 Å². The number of Topliss-reactive ketones (excluding diaryl/α,β-unsaturated/α-hetero) is 1. The van der Waals surface area contributed by atoms with E-state index >= 15 is 0 Å². The van der Waals surface area contributed by atoms with E-state index < -0.39 is 0 Å². The van der Waals surface area contributed by atoms with E-state index in [4.69, 9.17) is 0 Å². The first-order chi connectivity index (χ1) is 16.1. The van der Waals surface area contributed by atoms with Crippen LogP contribution >= 0.6 is 0 Å². The molecule has 1 aliphatic carbocycles. The zero-order valence-electron chi connectivity index (χ0n) is 22.3. The van der Waals surface area contributed by atoms with Gasteiger partial charge in [0.25, 0.3) is 0 Å². The van der Waals surface area contributed by atoms with Crippen LogP contribution in [0.5, 0.6) is 0 Å². The molecule has 1 amide bonds. The lowest BCUT2D eigenvalue weighted by Crippen LogP contribution is -2.41. The predicted molar refractivity (Wildman–Crippen MR) is 141 cm³/mol. The van der Waals surface area contributed by atoms with E-state index in [1.54, 1.807) is 0 Å². The lowest BCUT2D eigenvalue weighted by Gasteiger charge is -2.41. The van der Waals surface area contributed by atoms with Gasteiger partial charge < -0.3 is 10.2 Å². The van der Waals surface area contributed by atoms with Gasteiger partial charge in [0.15, 0.2) is 5.78 Å². The Morgan fingerprint density at radius 2 is 1.71 bits per heavy atom. The van der Waals surface area contributed by atoms with Crippen LogP contribution in [0, 0.1) is 23.7 Å². The average Bonchev–Trinajstić information content (AvgIpc) is 2.80. The van der Waals surface area contributed by atoms with Crippen molar-refractivity contribution in [2.45, 2.75) is 85.5 Å². The Morgan fingerprint density at radius 3 is 2.29 bits per heavy atom. The molecular weight excluding hydrogens is 420 g/mol. The molecule has 188 valence electrons. The van der Waals surface area contributed by atoms with Crippen molar-refractivity contribution in [3.8, 4) is 0 Å². The molecule has 1 fully saturated rings. The zero-order chi connectivity index (χ0) is 24.9. The van der Waals surface area contributed by atoms with Crippen LogP contribution in [-0.2, 0) is 10.2 Å². The fourth-order valence-corrected chi connectivity index (χ4v) is 5.56. The smallest absolute Gasteiger partial charge is 0.226 e. The molecule has 4 nitrogen and oxygen atoms in total. The van der Waals surface area contributed by atoms with E-state index in [9.17, 15) is 9.59 Å². The van der Waals surface area contributed by atoms with Crippen molar-refractivity contribution < 1.29 is 9.59 Å². The Morgan fingerprint density at radius 1 is 1.06 bits per heavy atom. The number of hydrogen-bond donors (Lipinski definition) is 1. The van der Waals surface area contributed by atoms with Crippen LogP contribution in [0.2, 0.25) is 0 Å². The van der Waals surface area contributed by atoms with Crippen LogP contribution in [0.4, 0.5) is 0 Å². The van der Waals surface area contributed by atoms with Gasteiger partial charge in [0.2, 0.25) is 5.91 Å². The molecule has 1 N–H and O–H groups in total. The van der Waals surface area contributed by atoms with Crippen molar-refractivity contribution in [3.05, 3.63) is 47.2 Å². The number of carbonyl (C=O) groups is 2. The number of nitrogens with zero attached hydrogens (tertiary/aromatic N) is 1. The largest absolute Gasteiger partial charge is 0.330 e. The lowest BCUT2D eigenvalue weighted by atomic mass is 9.71. The normalized spacial score (nSPS) is 22.5. The summed E-state index contributed by atoms with van der Waals surface area (Å²) in [5.74, 6) is 2.23. The van der Waals surface area contributed by atoms with Crippen LogP contribution in [0.15, 0.2) is 36.0 Å². The summed E-state index contributed by atoms with van der Waals surface area (Å²) >= 11 is 0. The summed E-state index contributed by atoms with van der Waals surface area (Å²) in [5.41, 5.74) is 3.37. The molecule has 2 atom stereocenters. The van der Waals surface area contributed by atoms with Crippen molar-refractivity contribution in [3.63, 3.8) is 0 Å². The van der Waals surface area contributed by atoms with Gasteiger partial charge in [-0.05, 0) is 80.5 Å². The molecule has 1 saturated heterocycles. The maximum absolute atomic E-state index is 12.6. The van der Waals surface area contributed by atoms with Crippen molar-refractivity contribution in [2.24, 2.45) is 23.7 Å². The van der Waals surface area contributed by atoms with Crippen molar-refractivity contribution in [2.75, 3.05) is 19.6 Å². The van der Waals surface area contributed by atoms with E-state index in [2.05, 4.69) is 56.1 Å². The molecule has 4 heteroatoms. The van der Waals surface area contributed by atoms with E-state index in [1.165, 1.54) is 24.8 Å². The highest BCUT2D eigenvalue weighted by Crippen LogP contribution is 2.39. The number of hydrogen-bond acceptors (Lipinski definition) is 3. The fraction of sp³-hybridized carbons (Fsp3) is 0.667. The molecule has 0 spiro atoms. The van der Waals surface area contributed by atoms with Gasteiger partial charge in [-0.1, -0.05) is 71.9 Å². The third-order valence-corrected chi connectivity index (χ3v) is 7.98. The number of carbonyl (C=O) groups excluding carboxylic acids is 2. The molecule has 0 saturated carbocycles. The Labute approximate surface area is 207 Å². The van der Waals surface area contributed by atoms with Crippen LogP contribution in [0.1, 0.15) is 96.0 Å². The van der Waals surface area contributed by atoms with Crippen molar-refractivity contribution in [1.29, 1.82) is 0 Å².